The van der Waals surface area contributed by atoms with Crippen LogP contribution in [0.15, 0.2) is 0 Å². The topological polar surface area (TPSA) is 96.5 Å². The van der Waals surface area contributed by atoms with Crippen molar-refractivity contribution in [2.75, 3.05) is 7.11 Å². The van der Waals surface area contributed by atoms with Crippen LogP contribution in [-0.2, 0) is 9.47 Å². The van der Waals surface area contributed by atoms with Crippen molar-refractivity contribution in [2.45, 2.75) is 44.9 Å². The van der Waals surface area contributed by atoms with Gasteiger partial charge in [0, 0.05) is 7.11 Å². The Hall–Kier alpha value is -0.200. The summed E-state index contributed by atoms with van der Waals surface area (Å²) in [6.45, 7) is 5.27. The smallest absolute Gasteiger partial charge is 0.125 e. The highest BCUT2D eigenvalue weighted by Crippen LogP contribution is 2.06. The van der Waals surface area contributed by atoms with E-state index in [1.165, 1.54) is 0 Å². The fraction of sp³-hybridized carbons (Fsp3) is 1.00. The lowest BCUT2D eigenvalue weighted by Crippen LogP contribution is -2.55. The number of nitrogens with two attached hydrogens (primary N) is 3. The van der Waals surface area contributed by atoms with Crippen LogP contribution in [0.25, 0.3) is 0 Å². The molecule has 0 rings (SSSR count). The van der Waals surface area contributed by atoms with E-state index in [-0.39, 0.29) is 12.1 Å². The van der Waals surface area contributed by atoms with Crippen LogP contribution in [0.3, 0.4) is 0 Å². The Morgan fingerprint density at radius 2 is 1.69 bits per heavy atom. The molecule has 13 heavy (non-hydrogen) atoms. The third-order valence-corrected chi connectivity index (χ3v) is 1.73. The molecular weight excluding hydrogens is 170 g/mol. The van der Waals surface area contributed by atoms with Gasteiger partial charge in [0.15, 0.2) is 0 Å². The molecule has 0 spiro atoms. The van der Waals surface area contributed by atoms with Crippen molar-refractivity contribution in [3.8, 4) is 0 Å². The maximum atomic E-state index is 5.75. The van der Waals surface area contributed by atoms with Gasteiger partial charge in [0.05, 0.1) is 12.1 Å². The van der Waals surface area contributed by atoms with E-state index < -0.39 is 12.0 Å². The molecule has 0 aromatic carbocycles. The first kappa shape index (κ1) is 12.8. The van der Waals surface area contributed by atoms with E-state index in [1.807, 2.05) is 6.92 Å². The van der Waals surface area contributed by atoms with E-state index >= 15 is 0 Å². The summed E-state index contributed by atoms with van der Waals surface area (Å²) in [4.78, 5) is 0. The van der Waals surface area contributed by atoms with Gasteiger partial charge < -0.3 is 26.7 Å². The first-order valence-corrected chi connectivity index (χ1v) is 4.28. The Kier molecular flexibility index (Phi) is 4.80. The summed E-state index contributed by atoms with van der Waals surface area (Å²) in [5, 5.41) is 0. The van der Waals surface area contributed by atoms with Crippen molar-refractivity contribution < 1.29 is 9.47 Å². The summed E-state index contributed by atoms with van der Waals surface area (Å²) in [6, 6.07) is -0.382. The minimum absolute atomic E-state index is 0.155. The monoisotopic (exact) mass is 191 g/mol. The number of rotatable bonds is 5. The van der Waals surface area contributed by atoms with Gasteiger partial charge in [-0.2, -0.15) is 0 Å². The molecule has 0 saturated heterocycles. The van der Waals surface area contributed by atoms with Gasteiger partial charge in [-0.05, 0) is 20.8 Å². The summed E-state index contributed by atoms with van der Waals surface area (Å²) < 4.78 is 10.3. The molecule has 0 fully saturated rings. The molecule has 0 aliphatic heterocycles. The van der Waals surface area contributed by atoms with Gasteiger partial charge in [0.1, 0.15) is 12.0 Å². The second-order valence-electron chi connectivity index (χ2n) is 3.70. The highest BCUT2D eigenvalue weighted by atomic mass is 16.5. The predicted octanol–water partition coefficient (Wildman–Crippen LogP) is -0.655. The average molecular weight is 191 g/mol. The predicted molar refractivity (Wildman–Crippen MR) is 51.8 cm³/mol. The van der Waals surface area contributed by atoms with Gasteiger partial charge in [-0.3, -0.25) is 0 Å². The number of methoxy groups -OCH3 is 1. The van der Waals surface area contributed by atoms with Gasteiger partial charge in [-0.25, -0.2) is 0 Å². The Morgan fingerprint density at radius 1 is 1.23 bits per heavy atom. The Labute approximate surface area is 79.5 Å². The molecule has 0 aliphatic carbocycles. The SMILES string of the molecule is COC(C)C(N)C(N)OC(C)(C)N. The molecule has 0 heterocycles. The fourth-order valence-corrected chi connectivity index (χ4v) is 0.854. The molecule has 0 aromatic rings. The van der Waals surface area contributed by atoms with E-state index in [4.69, 9.17) is 26.7 Å². The van der Waals surface area contributed by atoms with E-state index in [1.54, 1.807) is 21.0 Å². The van der Waals surface area contributed by atoms with E-state index in [9.17, 15) is 0 Å². The van der Waals surface area contributed by atoms with Gasteiger partial charge in [0.2, 0.25) is 0 Å². The molecule has 5 heteroatoms. The maximum Gasteiger partial charge on any atom is 0.125 e. The van der Waals surface area contributed by atoms with Crippen LogP contribution in [0.5, 0.6) is 0 Å². The van der Waals surface area contributed by atoms with Gasteiger partial charge in [-0.15, -0.1) is 0 Å². The summed E-state index contributed by atoms with van der Waals surface area (Å²) in [7, 11) is 1.57. The quantitative estimate of drug-likeness (QED) is 0.501. The fourth-order valence-electron chi connectivity index (χ4n) is 0.854. The lowest BCUT2D eigenvalue weighted by Gasteiger charge is -2.30. The molecule has 0 aromatic heterocycles. The van der Waals surface area contributed by atoms with Gasteiger partial charge in [-0.1, -0.05) is 0 Å². The third-order valence-electron chi connectivity index (χ3n) is 1.73. The normalized spacial score (nSPS) is 19.6. The Bertz CT molecular complexity index is 147. The zero-order valence-corrected chi connectivity index (χ0v) is 8.78. The third kappa shape index (κ3) is 5.17. The molecule has 0 aliphatic rings. The van der Waals surface area contributed by atoms with Crippen LogP contribution in [0, 0.1) is 0 Å². The van der Waals surface area contributed by atoms with Crippen molar-refractivity contribution in [3.05, 3.63) is 0 Å². The summed E-state index contributed by atoms with van der Waals surface area (Å²) >= 11 is 0. The lowest BCUT2D eigenvalue weighted by molar-refractivity contribution is -0.0921. The molecule has 5 nitrogen and oxygen atoms in total. The van der Waals surface area contributed by atoms with Crippen LogP contribution in [0.4, 0.5) is 0 Å². The minimum atomic E-state index is -0.773. The van der Waals surface area contributed by atoms with Crippen LogP contribution >= 0.6 is 0 Å². The Balaban J connectivity index is 4.03. The molecule has 0 radical (unpaired) electrons. The molecule has 0 bridgehead atoms. The largest absolute Gasteiger partial charge is 0.380 e. The molecule has 0 amide bonds. The highest BCUT2D eigenvalue weighted by molar-refractivity contribution is 4.76. The van der Waals surface area contributed by atoms with Crippen LogP contribution < -0.4 is 17.2 Å². The Morgan fingerprint density at radius 3 is 2.00 bits per heavy atom. The molecule has 0 saturated carbocycles. The van der Waals surface area contributed by atoms with Gasteiger partial charge >= 0.3 is 0 Å². The summed E-state index contributed by atoms with van der Waals surface area (Å²) in [6.07, 6.45) is -0.771. The first-order chi connectivity index (χ1) is 5.78. The van der Waals surface area contributed by atoms with Crippen LogP contribution in [-0.4, -0.2) is 31.2 Å². The van der Waals surface area contributed by atoms with Crippen LogP contribution in [0.2, 0.25) is 0 Å². The average Bonchev–Trinajstić information content (AvgIpc) is 1.98. The number of hydrogen-bond acceptors (Lipinski definition) is 5. The van der Waals surface area contributed by atoms with E-state index in [2.05, 4.69) is 0 Å². The standard InChI is InChI=1S/C8H21N3O2/c1-5(12-4)6(9)7(10)13-8(2,3)11/h5-7H,9-11H2,1-4H3. The van der Waals surface area contributed by atoms with Crippen LogP contribution in [0.1, 0.15) is 20.8 Å². The lowest BCUT2D eigenvalue weighted by atomic mass is 10.1. The first-order valence-electron chi connectivity index (χ1n) is 4.28. The summed E-state index contributed by atoms with van der Waals surface area (Å²) in [5.74, 6) is 0. The molecule has 80 valence electrons. The van der Waals surface area contributed by atoms with Crippen molar-refractivity contribution in [3.63, 3.8) is 0 Å². The molecule has 3 atom stereocenters. The molecule has 6 N–H and O–H groups in total. The number of hydrogen-bond donors (Lipinski definition) is 3. The minimum Gasteiger partial charge on any atom is -0.380 e. The molecule has 3 unspecified atom stereocenters. The van der Waals surface area contributed by atoms with Crippen molar-refractivity contribution in [1.82, 2.24) is 0 Å². The zero-order chi connectivity index (χ0) is 10.6. The van der Waals surface area contributed by atoms with Gasteiger partial charge in [0.25, 0.3) is 0 Å². The summed E-state index contributed by atoms with van der Waals surface area (Å²) in [5.41, 5.74) is 16.3. The van der Waals surface area contributed by atoms with Crippen molar-refractivity contribution in [2.24, 2.45) is 17.2 Å². The zero-order valence-electron chi connectivity index (χ0n) is 8.78. The van der Waals surface area contributed by atoms with E-state index in [0.29, 0.717) is 0 Å². The van der Waals surface area contributed by atoms with Crippen molar-refractivity contribution >= 4 is 0 Å². The second kappa shape index (κ2) is 4.88. The molecular formula is C8H21N3O2. The second-order valence-corrected chi connectivity index (χ2v) is 3.70. The highest BCUT2D eigenvalue weighted by Gasteiger charge is 2.25. The van der Waals surface area contributed by atoms with E-state index in [0.717, 1.165) is 0 Å². The maximum absolute atomic E-state index is 5.75. The number of ether oxygens (including phenoxy) is 2. The van der Waals surface area contributed by atoms with Crippen molar-refractivity contribution in [1.29, 1.82) is 0 Å².